The summed E-state index contributed by atoms with van der Waals surface area (Å²) in [6.07, 6.45) is 17.6. The van der Waals surface area contributed by atoms with Gasteiger partial charge in [0.1, 0.15) is 0 Å². The van der Waals surface area contributed by atoms with Crippen LogP contribution in [0.15, 0.2) is 12.2 Å². The third-order valence-corrected chi connectivity index (χ3v) is 10.00. The summed E-state index contributed by atoms with van der Waals surface area (Å²) in [5.74, 6) is 5.62. The highest BCUT2D eigenvalue weighted by Gasteiger charge is 2.56. The molecular weight excluding hydrogens is 356 g/mol. The van der Waals surface area contributed by atoms with E-state index in [-0.39, 0.29) is 6.10 Å². The lowest BCUT2D eigenvalue weighted by atomic mass is 9.53. The molecule has 0 aromatic rings. The van der Waals surface area contributed by atoms with Gasteiger partial charge >= 0.3 is 0 Å². The van der Waals surface area contributed by atoms with Crippen LogP contribution >= 0.6 is 0 Å². The standard InChI is InChI=1S/C27H46O2/c1-18-9-14-26(29-17-18)20(3)24-12-13-25-23-8-6-5-7-21(28)11-10-19(2)22(23)15-16-27(24,25)4/h5-6,18-26,28H,7-17H2,1-4H3/t18?,19-,20-,21?,22+,23+,24?,25-,26+,27+/m0/s1. The Morgan fingerprint density at radius 1 is 0.931 bits per heavy atom. The number of aliphatic hydroxyl groups excluding tert-OH is 1. The van der Waals surface area contributed by atoms with Crippen LogP contribution in [0.1, 0.15) is 91.9 Å². The van der Waals surface area contributed by atoms with E-state index < -0.39 is 0 Å². The van der Waals surface area contributed by atoms with E-state index in [9.17, 15) is 5.11 Å². The zero-order chi connectivity index (χ0) is 20.6. The van der Waals surface area contributed by atoms with E-state index in [2.05, 4.69) is 39.8 Å². The molecule has 0 bridgehead atoms. The van der Waals surface area contributed by atoms with E-state index in [1.807, 2.05) is 0 Å². The molecule has 4 aliphatic rings. The van der Waals surface area contributed by atoms with Gasteiger partial charge in [-0.15, -0.1) is 0 Å². The van der Waals surface area contributed by atoms with Crippen LogP contribution < -0.4 is 0 Å². The van der Waals surface area contributed by atoms with Crippen LogP contribution in [0.25, 0.3) is 0 Å². The van der Waals surface area contributed by atoms with Crippen LogP contribution in [0.2, 0.25) is 0 Å². The second-order valence-electron chi connectivity index (χ2n) is 11.7. The summed E-state index contributed by atoms with van der Waals surface area (Å²) in [7, 11) is 0. The Balaban J connectivity index is 1.51. The molecule has 3 fully saturated rings. The molecule has 10 atom stereocenters. The van der Waals surface area contributed by atoms with Gasteiger partial charge in [-0.3, -0.25) is 0 Å². The highest BCUT2D eigenvalue weighted by atomic mass is 16.5. The first-order valence-corrected chi connectivity index (χ1v) is 12.8. The SMILES string of the molecule is CC1CC[C@H]([C@@H](C)C2CC[C@H]3[C@@H]4CC=CCC(O)CC[C@H](C)[C@H]4CC[C@]23C)OC1. The number of ether oxygens (including phenoxy) is 1. The van der Waals surface area contributed by atoms with Crippen molar-refractivity contribution in [3.8, 4) is 0 Å². The zero-order valence-electron chi connectivity index (χ0n) is 19.5. The van der Waals surface area contributed by atoms with Crippen LogP contribution in [-0.4, -0.2) is 23.9 Å². The maximum absolute atomic E-state index is 10.2. The lowest BCUT2D eigenvalue weighted by Crippen LogP contribution is -2.46. The number of hydrogen-bond donors (Lipinski definition) is 1. The maximum atomic E-state index is 10.2. The molecule has 3 unspecified atom stereocenters. The van der Waals surface area contributed by atoms with Gasteiger partial charge in [-0.25, -0.2) is 0 Å². The highest BCUT2D eigenvalue weighted by Crippen LogP contribution is 2.63. The van der Waals surface area contributed by atoms with Crippen molar-refractivity contribution < 1.29 is 9.84 Å². The Hall–Kier alpha value is -0.340. The van der Waals surface area contributed by atoms with Gasteiger partial charge in [0.25, 0.3) is 0 Å². The van der Waals surface area contributed by atoms with Crippen LogP contribution in [0, 0.1) is 46.8 Å². The van der Waals surface area contributed by atoms with Crippen molar-refractivity contribution in [2.24, 2.45) is 46.8 Å². The summed E-state index contributed by atoms with van der Waals surface area (Å²) >= 11 is 0. The van der Waals surface area contributed by atoms with Crippen molar-refractivity contribution in [3.63, 3.8) is 0 Å². The maximum Gasteiger partial charge on any atom is 0.0603 e. The topological polar surface area (TPSA) is 29.5 Å². The minimum atomic E-state index is -0.131. The van der Waals surface area contributed by atoms with Gasteiger partial charge in [-0.1, -0.05) is 39.8 Å². The molecule has 0 aromatic heterocycles. The molecule has 0 radical (unpaired) electrons. The third kappa shape index (κ3) is 4.36. The predicted octanol–water partition coefficient (Wildman–Crippen LogP) is 6.62. The largest absolute Gasteiger partial charge is 0.393 e. The Morgan fingerprint density at radius 3 is 2.48 bits per heavy atom. The summed E-state index contributed by atoms with van der Waals surface area (Å²) in [5.41, 5.74) is 0.504. The Labute approximate surface area is 179 Å². The normalized spacial score (nSPS) is 49.8. The number of fused-ring (bicyclic) bond motifs is 3. The monoisotopic (exact) mass is 402 g/mol. The Bertz CT molecular complexity index is 563. The molecule has 29 heavy (non-hydrogen) atoms. The minimum absolute atomic E-state index is 0.131. The molecule has 2 heteroatoms. The summed E-state index contributed by atoms with van der Waals surface area (Å²) in [4.78, 5) is 0. The smallest absolute Gasteiger partial charge is 0.0603 e. The van der Waals surface area contributed by atoms with Crippen LogP contribution in [0.4, 0.5) is 0 Å². The minimum Gasteiger partial charge on any atom is -0.393 e. The van der Waals surface area contributed by atoms with Crippen molar-refractivity contribution in [1.29, 1.82) is 0 Å². The van der Waals surface area contributed by atoms with E-state index >= 15 is 0 Å². The molecule has 3 aliphatic carbocycles. The average molecular weight is 403 g/mol. The summed E-state index contributed by atoms with van der Waals surface area (Å²) in [6, 6.07) is 0. The summed E-state index contributed by atoms with van der Waals surface area (Å²) < 4.78 is 6.35. The van der Waals surface area contributed by atoms with Gasteiger partial charge in [0.2, 0.25) is 0 Å². The second kappa shape index (κ2) is 9.03. The van der Waals surface area contributed by atoms with Gasteiger partial charge in [-0.2, -0.15) is 0 Å². The molecule has 2 saturated carbocycles. The average Bonchev–Trinajstić information content (AvgIpc) is 3.06. The van der Waals surface area contributed by atoms with Crippen LogP contribution in [-0.2, 0) is 4.74 Å². The summed E-state index contributed by atoms with van der Waals surface area (Å²) in [5, 5.41) is 10.2. The predicted molar refractivity (Wildman–Crippen MR) is 121 cm³/mol. The van der Waals surface area contributed by atoms with Crippen molar-refractivity contribution >= 4 is 0 Å². The first-order valence-electron chi connectivity index (χ1n) is 12.8. The van der Waals surface area contributed by atoms with Crippen molar-refractivity contribution in [2.75, 3.05) is 6.61 Å². The molecule has 1 saturated heterocycles. The molecule has 4 rings (SSSR count). The third-order valence-electron chi connectivity index (χ3n) is 10.00. The van der Waals surface area contributed by atoms with Crippen LogP contribution in [0.3, 0.4) is 0 Å². The molecule has 0 spiro atoms. The molecule has 1 heterocycles. The van der Waals surface area contributed by atoms with Crippen molar-refractivity contribution in [1.82, 2.24) is 0 Å². The number of hydrogen-bond acceptors (Lipinski definition) is 2. The molecule has 1 aliphatic heterocycles. The highest BCUT2D eigenvalue weighted by molar-refractivity contribution is 5.06. The molecular formula is C27H46O2. The first kappa shape index (κ1) is 21.9. The van der Waals surface area contributed by atoms with E-state index in [0.717, 1.165) is 55.0 Å². The molecule has 1 N–H and O–H groups in total. The van der Waals surface area contributed by atoms with Crippen molar-refractivity contribution in [3.05, 3.63) is 12.2 Å². The number of aliphatic hydroxyl groups is 1. The van der Waals surface area contributed by atoms with Crippen LogP contribution in [0.5, 0.6) is 0 Å². The molecule has 0 amide bonds. The van der Waals surface area contributed by atoms with Gasteiger partial charge in [0, 0.05) is 6.61 Å². The van der Waals surface area contributed by atoms with E-state index in [0.29, 0.717) is 17.4 Å². The Kier molecular flexibility index (Phi) is 6.81. The summed E-state index contributed by atoms with van der Waals surface area (Å²) in [6.45, 7) is 11.0. The first-order chi connectivity index (χ1) is 13.9. The van der Waals surface area contributed by atoms with Gasteiger partial charge in [-0.05, 0) is 111 Å². The quantitative estimate of drug-likeness (QED) is 0.526. The molecule has 166 valence electrons. The fraction of sp³-hybridized carbons (Fsp3) is 0.926. The number of rotatable bonds is 2. The molecule has 2 nitrogen and oxygen atoms in total. The van der Waals surface area contributed by atoms with E-state index in [1.165, 1.54) is 51.4 Å². The fourth-order valence-electron chi connectivity index (χ4n) is 8.14. The second-order valence-corrected chi connectivity index (χ2v) is 11.7. The number of allylic oxidation sites excluding steroid dienone is 1. The fourth-order valence-corrected chi connectivity index (χ4v) is 8.14. The van der Waals surface area contributed by atoms with Crippen molar-refractivity contribution in [2.45, 2.75) is 104 Å². The van der Waals surface area contributed by atoms with Gasteiger partial charge in [0.15, 0.2) is 0 Å². The van der Waals surface area contributed by atoms with E-state index in [1.54, 1.807) is 0 Å². The lowest BCUT2D eigenvalue weighted by Gasteiger charge is -2.52. The van der Waals surface area contributed by atoms with Gasteiger partial charge in [0.05, 0.1) is 12.2 Å². The lowest BCUT2D eigenvalue weighted by molar-refractivity contribution is -0.0841. The van der Waals surface area contributed by atoms with Gasteiger partial charge < -0.3 is 9.84 Å². The van der Waals surface area contributed by atoms with E-state index in [4.69, 9.17) is 4.74 Å². The molecule has 0 aromatic carbocycles. The zero-order valence-corrected chi connectivity index (χ0v) is 19.5. The Morgan fingerprint density at radius 2 is 1.72 bits per heavy atom.